The van der Waals surface area contributed by atoms with E-state index in [4.69, 9.17) is 0 Å². The summed E-state index contributed by atoms with van der Waals surface area (Å²) >= 11 is 0. The molecule has 0 aliphatic carbocycles. The van der Waals surface area contributed by atoms with Crippen molar-refractivity contribution in [1.29, 1.82) is 0 Å². The van der Waals surface area contributed by atoms with Gasteiger partial charge in [0.2, 0.25) is 0 Å². The first-order valence-electron chi connectivity index (χ1n) is 10.7. The number of halogens is 1. The fourth-order valence-corrected chi connectivity index (χ4v) is 3.88. The van der Waals surface area contributed by atoms with Gasteiger partial charge < -0.3 is 5.32 Å². The van der Waals surface area contributed by atoms with Gasteiger partial charge >= 0.3 is 5.69 Å². The van der Waals surface area contributed by atoms with Crippen molar-refractivity contribution in [1.82, 2.24) is 29.9 Å². The number of hydrogen-bond acceptors (Lipinski definition) is 4. The third-order valence-corrected chi connectivity index (χ3v) is 5.67. The van der Waals surface area contributed by atoms with Crippen molar-refractivity contribution in [2.75, 3.05) is 0 Å². The number of carbonyl (C=O) groups is 1. The fourth-order valence-electron chi connectivity index (χ4n) is 3.88. The van der Waals surface area contributed by atoms with Crippen LogP contribution in [0.5, 0.6) is 0 Å². The van der Waals surface area contributed by atoms with E-state index in [0.717, 1.165) is 12.2 Å². The van der Waals surface area contributed by atoms with Crippen LogP contribution in [-0.4, -0.2) is 36.5 Å². The summed E-state index contributed by atoms with van der Waals surface area (Å²) < 4.78 is 16.9. The first-order chi connectivity index (χ1) is 14.9. The molecular weight excluding hydrogens is 399 g/mol. The van der Waals surface area contributed by atoms with Crippen LogP contribution in [0.25, 0.3) is 11.3 Å². The molecule has 4 rings (SSSR count). The Labute approximate surface area is 179 Å². The zero-order valence-corrected chi connectivity index (χ0v) is 17.8. The van der Waals surface area contributed by atoms with Crippen molar-refractivity contribution in [3.63, 3.8) is 0 Å². The maximum atomic E-state index is 13.6. The number of aromatic amines is 1. The third kappa shape index (κ3) is 4.60. The highest BCUT2D eigenvalue weighted by molar-refractivity contribution is 5.99. The number of nitrogens with zero attached hydrogens (tertiary/aromatic N) is 4. The molecule has 2 N–H and O–H groups in total. The summed E-state index contributed by atoms with van der Waals surface area (Å²) in [6.07, 6.45) is 4.32. The van der Waals surface area contributed by atoms with Gasteiger partial charge in [0.15, 0.2) is 0 Å². The maximum Gasteiger partial charge on any atom is 0.345 e. The van der Waals surface area contributed by atoms with Gasteiger partial charge in [-0.15, -0.1) is 0 Å². The van der Waals surface area contributed by atoms with E-state index in [2.05, 4.69) is 34.5 Å². The Hall–Kier alpha value is -3.23. The Morgan fingerprint density at radius 3 is 2.97 bits per heavy atom. The van der Waals surface area contributed by atoms with Crippen molar-refractivity contribution in [3.8, 4) is 11.3 Å². The van der Waals surface area contributed by atoms with Gasteiger partial charge in [0.25, 0.3) is 5.91 Å². The third-order valence-electron chi connectivity index (χ3n) is 5.67. The molecule has 1 atom stereocenters. The van der Waals surface area contributed by atoms with Crippen molar-refractivity contribution < 1.29 is 9.18 Å². The standard InChI is InChI=1S/C22H27FN6O2/c1-14(2)8-11-29-22(31)28-10-9-17(6-7-19(28)27-29)25-21(30)18-13-24-26-20(18)15-4-3-5-16(23)12-15/h3-5,12-14,17H,6-11H2,1-2H3,(H,24,26)(H,25,30). The molecule has 9 heteroatoms. The summed E-state index contributed by atoms with van der Waals surface area (Å²) in [5.74, 6) is 0.630. The van der Waals surface area contributed by atoms with Gasteiger partial charge in [0, 0.05) is 31.1 Å². The highest BCUT2D eigenvalue weighted by Gasteiger charge is 2.24. The molecule has 0 fully saturated rings. The van der Waals surface area contributed by atoms with Gasteiger partial charge in [0.05, 0.1) is 17.5 Å². The quantitative estimate of drug-likeness (QED) is 0.633. The molecule has 1 aromatic carbocycles. The normalized spacial score (nSPS) is 16.2. The molecule has 2 aromatic heterocycles. The number of fused-ring (bicyclic) bond motifs is 1. The molecule has 3 aromatic rings. The average molecular weight is 426 g/mol. The molecule has 0 bridgehead atoms. The summed E-state index contributed by atoms with van der Waals surface area (Å²) in [6.45, 7) is 5.39. The van der Waals surface area contributed by atoms with E-state index in [1.807, 2.05) is 0 Å². The van der Waals surface area contributed by atoms with Gasteiger partial charge in [0.1, 0.15) is 11.6 Å². The number of rotatable bonds is 6. The number of aryl methyl sites for hydroxylation is 2. The van der Waals surface area contributed by atoms with Crippen LogP contribution in [0.3, 0.4) is 0 Å². The minimum absolute atomic E-state index is 0.0779. The van der Waals surface area contributed by atoms with Gasteiger partial charge in [-0.2, -0.15) is 10.2 Å². The van der Waals surface area contributed by atoms with E-state index in [9.17, 15) is 14.0 Å². The zero-order chi connectivity index (χ0) is 22.0. The summed E-state index contributed by atoms with van der Waals surface area (Å²) in [6, 6.07) is 5.94. The minimum atomic E-state index is -0.379. The molecule has 8 nitrogen and oxygen atoms in total. The Balaban J connectivity index is 1.43. The molecule has 1 aliphatic rings. The summed E-state index contributed by atoms with van der Waals surface area (Å²) in [5, 5.41) is 14.3. The molecule has 0 radical (unpaired) electrons. The molecule has 0 spiro atoms. The lowest BCUT2D eigenvalue weighted by atomic mass is 10.1. The van der Waals surface area contributed by atoms with E-state index in [1.54, 1.807) is 21.4 Å². The number of nitrogens with one attached hydrogen (secondary N) is 2. The Morgan fingerprint density at radius 2 is 2.19 bits per heavy atom. The smallest absolute Gasteiger partial charge is 0.345 e. The predicted octanol–water partition coefficient (Wildman–Crippen LogP) is 2.76. The average Bonchev–Trinajstić information content (AvgIpc) is 3.28. The summed E-state index contributed by atoms with van der Waals surface area (Å²) in [7, 11) is 0. The van der Waals surface area contributed by atoms with Crippen LogP contribution in [0.4, 0.5) is 4.39 Å². The molecule has 1 unspecified atom stereocenters. The van der Waals surface area contributed by atoms with E-state index >= 15 is 0 Å². The van der Waals surface area contributed by atoms with Crippen molar-refractivity contribution >= 4 is 5.91 Å². The van der Waals surface area contributed by atoms with E-state index < -0.39 is 0 Å². The Kier molecular flexibility index (Phi) is 6.01. The lowest BCUT2D eigenvalue weighted by Crippen LogP contribution is -2.36. The predicted molar refractivity (Wildman–Crippen MR) is 114 cm³/mol. The highest BCUT2D eigenvalue weighted by Crippen LogP contribution is 2.22. The second-order valence-corrected chi connectivity index (χ2v) is 8.42. The molecule has 3 heterocycles. The number of H-pyrrole nitrogens is 1. The largest absolute Gasteiger partial charge is 0.349 e. The molecular formula is C22H27FN6O2. The van der Waals surface area contributed by atoms with Gasteiger partial charge in [-0.3, -0.25) is 14.5 Å². The van der Waals surface area contributed by atoms with E-state index in [0.29, 0.717) is 55.1 Å². The van der Waals surface area contributed by atoms with Crippen LogP contribution in [0.1, 0.15) is 49.3 Å². The van der Waals surface area contributed by atoms with Gasteiger partial charge in [-0.25, -0.2) is 13.9 Å². The number of aromatic nitrogens is 5. The first kappa shape index (κ1) is 21.0. The molecule has 31 heavy (non-hydrogen) atoms. The lowest BCUT2D eigenvalue weighted by molar-refractivity contribution is 0.0933. The molecule has 0 saturated carbocycles. The molecule has 0 saturated heterocycles. The highest BCUT2D eigenvalue weighted by atomic mass is 19.1. The molecule has 1 aliphatic heterocycles. The lowest BCUT2D eigenvalue weighted by Gasteiger charge is -2.16. The number of carbonyl (C=O) groups excluding carboxylic acids is 1. The van der Waals surface area contributed by atoms with Crippen LogP contribution in [0.2, 0.25) is 0 Å². The molecule has 164 valence electrons. The van der Waals surface area contributed by atoms with Crippen molar-refractivity contribution in [3.05, 3.63) is 58.2 Å². The van der Waals surface area contributed by atoms with Crippen LogP contribution >= 0.6 is 0 Å². The summed E-state index contributed by atoms with van der Waals surface area (Å²) in [4.78, 5) is 25.6. The Bertz CT molecular complexity index is 1130. The second-order valence-electron chi connectivity index (χ2n) is 8.42. The first-order valence-corrected chi connectivity index (χ1v) is 10.7. The van der Waals surface area contributed by atoms with Gasteiger partial charge in [-0.1, -0.05) is 26.0 Å². The van der Waals surface area contributed by atoms with Crippen molar-refractivity contribution in [2.24, 2.45) is 5.92 Å². The number of amides is 1. The second kappa shape index (κ2) is 8.87. The minimum Gasteiger partial charge on any atom is -0.349 e. The van der Waals surface area contributed by atoms with E-state index in [1.165, 1.54) is 18.3 Å². The Morgan fingerprint density at radius 1 is 1.35 bits per heavy atom. The van der Waals surface area contributed by atoms with Crippen LogP contribution in [0, 0.1) is 11.7 Å². The SMILES string of the molecule is CC(C)CCn1nc2n(c1=O)CCC(NC(=O)c1cn[nH]c1-c1cccc(F)c1)CC2. The number of hydrogen-bond donors (Lipinski definition) is 2. The number of benzene rings is 1. The topological polar surface area (TPSA) is 97.6 Å². The summed E-state index contributed by atoms with van der Waals surface area (Å²) in [5.41, 5.74) is 1.33. The van der Waals surface area contributed by atoms with E-state index in [-0.39, 0.29) is 23.5 Å². The van der Waals surface area contributed by atoms with Crippen molar-refractivity contribution in [2.45, 2.75) is 58.7 Å². The monoisotopic (exact) mass is 426 g/mol. The van der Waals surface area contributed by atoms with Gasteiger partial charge in [-0.05, 0) is 37.3 Å². The van der Waals surface area contributed by atoms with Crippen LogP contribution in [0.15, 0.2) is 35.3 Å². The molecule has 1 amide bonds. The fraction of sp³-hybridized carbons (Fsp3) is 0.455. The zero-order valence-electron chi connectivity index (χ0n) is 17.8. The maximum absolute atomic E-state index is 13.6. The van der Waals surface area contributed by atoms with Crippen LogP contribution < -0.4 is 11.0 Å². The van der Waals surface area contributed by atoms with Crippen LogP contribution in [-0.2, 0) is 19.5 Å².